The molecule has 2 amide bonds. The second-order valence-electron chi connectivity index (χ2n) is 8.30. The van der Waals surface area contributed by atoms with Crippen molar-refractivity contribution in [2.75, 3.05) is 18.0 Å². The minimum absolute atomic E-state index is 0.00138. The number of likely N-dealkylation sites (tertiary alicyclic amines) is 1. The van der Waals surface area contributed by atoms with Gasteiger partial charge in [-0.25, -0.2) is 9.07 Å². The quantitative estimate of drug-likeness (QED) is 0.620. The van der Waals surface area contributed by atoms with E-state index in [2.05, 4.69) is 15.5 Å². The van der Waals surface area contributed by atoms with Gasteiger partial charge >= 0.3 is 0 Å². The third-order valence-electron chi connectivity index (χ3n) is 6.16. The van der Waals surface area contributed by atoms with Crippen LogP contribution in [0.4, 0.5) is 10.1 Å². The maximum absolute atomic E-state index is 14.3. The minimum Gasteiger partial charge on any atom is -0.361 e. The lowest BCUT2D eigenvalue weighted by molar-refractivity contribution is 0.0712. The van der Waals surface area contributed by atoms with E-state index in [-0.39, 0.29) is 37.0 Å². The molecule has 0 spiro atoms. The molecule has 3 aromatic rings. The van der Waals surface area contributed by atoms with Crippen LogP contribution in [-0.2, 0) is 13.0 Å². The zero-order chi connectivity index (χ0) is 22.4. The molecular weight excluding hydrogens is 415 g/mol. The molecule has 2 aromatic heterocycles. The van der Waals surface area contributed by atoms with Crippen LogP contribution < -0.4 is 4.90 Å². The number of rotatable bonds is 4. The van der Waals surface area contributed by atoms with Crippen molar-refractivity contribution in [3.63, 3.8) is 0 Å². The van der Waals surface area contributed by atoms with Gasteiger partial charge in [-0.2, -0.15) is 0 Å². The monoisotopic (exact) mass is 438 g/mol. The van der Waals surface area contributed by atoms with Gasteiger partial charge in [-0.3, -0.25) is 9.59 Å². The Balaban J connectivity index is 1.32. The average Bonchev–Trinajstić information content (AvgIpc) is 3.55. The van der Waals surface area contributed by atoms with Crippen LogP contribution in [0.5, 0.6) is 0 Å². The summed E-state index contributed by atoms with van der Waals surface area (Å²) in [6, 6.07) is 7.38. The predicted octanol–water partition coefficient (Wildman–Crippen LogP) is 2.34. The van der Waals surface area contributed by atoms with Crippen LogP contribution in [0.1, 0.15) is 44.3 Å². The predicted molar refractivity (Wildman–Crippen MR) is 112 cm³/mol. The molecule has 4 heterocycles. The highest BCUT2D eigenvalue weighted by atomic mass is 19.1. The van der Waals surface area contributed by atoms with Gasteiger partial charge in [0.25, 0.3) is 11.8 Å². The van der Waals surface area contributed by atoms with Crippen molar-refractivity contribution < 1.29 is 18.5 Å². The van der Waals surface area contributed by atoms with Crippen molar-refractivity contribution in [3.8, 4) is 0 Å². The van der Waals surface area contributed by atoms with E-state index in [4.69, 9.17) is 4.52 Å². The Morgan fingerprint density at radius 1 is 1.22 bits per heavy atom. The summed E-state index contributed by atoms with van der Waals surface area (Å²) < 4.78 is 20.9. The molecule has 0 radical (unpaired) electrons. The first kappa shape index (κ1) is 20.3. The Morgan fingerprint density at radius 3 is 2.81 bits per heavy atom. The SMILES string of the molecule is Cc1noc(C)c1C(=O)N1C[C@@H](F)C[C@H]1Cn1cc(C(=O)N2CCc3ccccc32)nn1. The number of benzene rings is 1. The third-order valence-corrected chi connectivity index (χ3v) is 6.16. The Morgan fingerprint density at radius 2 is 2.03 bits per heavy atom. The molecule has 2 atom stereocenters. The Bertz CT molecular complexity index is 1170. The standard InChI is InChI=1S/C22H23FN6O3/c1-13-20(14(2)32-25-13)22(31)29-10-16(23)9-17(29)11-27-12-18(24-26-27)21(30)28-8-7-15-5-3-4-6-19(15)28/h3-6,12,16-17H,7-11H2,1-2H3/t16-,17-/m0/s1. The van der Waals surface area contributed by atoms with E-state index in [9.17, 15) is 14.0 Å². The highest BCUT2D eigenvalue weighted by molar-refractivity contribution is 6.05. The van der Waals surface area contributed by atoms with Gasteiger partial charge in [0.05, 0.1) is 31.0 Å². The van der Waals surface area contributed by atoms with Crippen molar-refractivity contribution in [3.05, 3.63) is 58.7 Å². The number of alkyl halides is 1. The number of hydrogen-bond acceptors (Lipinski definition) is 6. The fraction of sp³-hybridized carbons (Fsp3) is 0.409. The molecule has 0 aliphatic carbocycles. The molecule has 5 rings (SSSR count). The number of amides is 2. The summed E-state index contributed by atoms with van der Waals surface area (Å²) in [5.74, 6) is -0.121. The van der Waals surface area contributed by atoms with Gasteiger partial charge in [0.2, 0.25) is 0 Å². The number of hydrogen-bond donors (Lipinski definition) is 0. The molecule has 166 valence electrons. The average molecular weight is 438 g/mol. The lowest BCUT2D eigenvalue weighted by Crippen LogP contribution is -2.38. The summed E-state index contributed by atoms with van der Waals surface area (Å²) in [7, 11) is 0. The fourth-order valence-electron chi connectivity index (χ4n) is 4.60. The molecule has 10 heteroatoms. The van der Waals surface area contributed by atoms with Crippen molar-refractivity contribution in [1.29, 1.82) is 0 Å². The smallest absolute Gasteiger partial charge is 0.280 e. The first-order chi connectivity index (χ1) is 15.4. The van der Waals surface area contributed by atoms with Crippen molar-refractivity contribution in [1.82, 2.24) is 25.1 Å². The molecule has 1 aromatic carbocycles. The second kappa shape index (κ2) is 7.85. The number of nitrogens with zero attached hydrogens (tertiary/aromatic N) is 6. The van der Waals surface area contributed by atoms with Gasteiger partial charge in [0.1, 0.15) is 17.5 Å². The van der Waals surface area contributed by atoms with Gasteiger partial charge in [0.15, 0.2) is 5.69 Å². The highest BCUT2D eigenvalue weighted by Gasteiger charge is 2.38. The fourth-order valence-corrected chi connectivity index (χ4v) is 4.60. The van der Waals surface area contributed by atoms with Crippen LogP contribution >= 0.6 is 0 Å². The number of fused-ring (bicyclic) bond motifs is 1. The summed E-state index contributed by atoms with van der Waals surface area (Å²) in [6.07, 6.45) is 1.43. The maximum Gasteiger partial charge on any atom is 0.280 e. The number of halogens is 1. The molecule has 1 saturated heterocycles. The van der Waals surface area contributed by atoms with E-state index in [1.54, 1.807) is 24.9 Å². The molecule has 2 aliphatic heterocycles. The summed E-state index contributed by atoms with van der Waals surface area (Å²) in [5, 5.41) is 11.9. The Labute approximate surface area is 183 Å². The maximum atomic E-state index is 14.3. The van der Waals surface area contributed by atoms with E-state index >= 15 is 0 Å². The van der Waals surface area contributed by atoms with E-state index in [0.717, 1.165) is 17.7 Å². The van der Waals surface area contributed by atoms with Gasteiger partial charge in [0, 0.05) is 18.7 Å². The zero-order valence-electron chi connectivity index (χ0n) is 17.9. The first-order valence-electron chi connectivity index (χ1n) is 10.6. The number of carbonyl (C=O) groups excluding carboxylic acids is 2. The van der Waals surface area contributed by atoms with Crippen molar-refractivity contribution in [2.45, 2.75) is 45.4 Å². The Kier molecular flexibility index (Phi) is 4.99. The lowest BCUT2D eigenvalue weighted by atomic mass is 10.1. The van der Waals surface area contributed by atoms with Crippen LogP contribution in [0.15, 0.2) is 35.0 Å². The van der Waals surface area contributed by atoms with E-state index < -0.39 is 12.2 Å². The molecule has 9 nitrogen and oxygen atoms in total. The van der Waals surface area contributed by atoms with Crippen LogP contribution in [0.2, 0.25) is 0 Å². The van der Waals surface area contributed by atoms with E-state index in [0.29, 0.717) is 23.6 Å². The summed E-state index contributed by atoms with van der Waals surface area (Å²) in [6.45, 7) is 4.19. The highest BCUT2D eigenvalue weighted by Crippen LogP contribution is 2.29. The minimum atomic E-state index is -1.13. The van der Waals surface area contributed by atoms with Crippen molar-refractivity contribution in [2.24, 2.45) is 0 Å². The second-order valence-corrected chi connectivity index (χ2v) is 8.30. The van der Waals surface area contributed by atoms with Gasteiger partial charge in [-0.05, 0) is 31.9 Å². The normalized spacial score (nSPS) is 20.1. The number of aromatic nitrogens is 4. The van der Waals surface area contributed by atoms with Crippen molar-refractivity contribution >= 4 is 17.5 Å². The summed E-state index contributed by atoms with van der Waals surface area (Å²) in [5.41, 5.74) is 3.08. The molecule has 1 fully saturated rings. The lowest BCUT2D eigenvalue weighted by Gasteiger charge is -2.24. The number of anilines is 1. The van der Waals surface area contributed by atoms with Crippen LogP contribution in [-0.4, -0.2) is 62.2 Å². The van der Waals surface area contributed by atoms with Gasteiger partial charge < -0.3 is 14.3 Å². The van der Waals surface area contributed by atoms with Gasteiger partial charge in [-0.1, -0.05) is 28.6 Å². The Hall–Kier alpha value is -3.56. The molecule has 2 aliphatic rings. The topological polar surface area (TPSA) is 97.4 Å². The number of para-hydroxylation sites is 1. The van der Waals surface area contributed by atoms with E-state index in [1.807, 2.05) is 24.3 Å². The van der Waals surface area contributed by atoms with E-state index in [1.165, 1.54) is 9.58 Å². The third kappa shape index (κ3) is 3.45. The largest absolute Gasteiger partial charge is 0.361 e. The molecule has 0 N–H and O–H groups in total. The number of carbonyl (C=O) groups is 2. The van der Waals surface area contributed by atoms with Crippen LogP contribution in [0.3, 0.4) is 0 Å². The molecular formula is C22H23FN6O3. The molecule has 0 unspecified atom stereocenters. The van der Waals surface area contributed by atoms with Crippen LogP contribution in [0, 0.1) is 13.8 Å². The molecule has 0 saturated carbocycles. The zero-order valence-corrected chi connectivity index (χ0v) is 17.9. The number of aryl methyl sites for hydroxylation is 2. The molecule has 32 heavy (non-hydrogen) atoms. The summed E-state index contributed by atoms with van der Waals surface area (Å²) >= 11 is 0. The molecule has 0 bridgehead atoms. The summed E-state index contributed by atoms with van der Waals surface area (Å²) in [4.78, 5) is 29.2. The first-order valence-corrected chi connectivity index (χ1v) is 10.6. The van der Waals surface area contributed by atoms with Gasteiger partial charge in [-0.15, -0.1) is 5.10 Å². The van der Waals surface area contributed by atoms with Crippen LogP contribution in [0.25, 0.3) is 0 Å².